The van der Waals surface area contributed by atoms with E-state index in [9.17, 15) is 0 Å². The molecule has 0 atom stereocenters. The number of rotatable bonds is 4. The fraction of sp³-hybridized carbons (Fsp3) is 0.200. The van der Waals surface area contributed by atoms with E-state index in [0.717, 1.165) is 21.1 Å². The van der Waals surface area contributed by atoms with E-state index in [1.807, 2.05) is 17.5 Å². The van der Waals surface area contributed by atoms with E-state index < -0.39 is 0 Å². The van der Waals surface area contributed by atoms with Crippen molar-refractivity contribution < 1.29 is 4.74 Å². The number of ether oxygens (including phenoxy) is 1. The third kappa shape index (κ3) is 3.01. The molecule has 2 heterocycles. The van der Waals surface area contributed by atoms with E-state index in [1.165, 1.54) is 11.3 Å². The molecule has 6 heteroatoms. The van der Waals surface area contributed by atoms with Crippen molar-refractivity contribution in [3.05, 3.63) is 33.9 Å². The van der Waals surface area contributed by atoms with Crippen molar-refractivity contribution in [2.24, 2.45) is 0 Å². The van der Waals surface area contributed by atoms with Gasteiger partial charge < -0.3 is 10.1 Å². The number of anilines is 2. The Morgan fingerprint density at radius 2 is 2.38 bits per heavy atom. The van der Waals surface area contributed by atoms with Crippen LogP contribution in [0.2, 0.25) is 0 Å². The van der Waals surface area contributed by atoms with E-state index in [-0.39, 0.29) is 0 Å². The lowest BCUT2D eigenvalue weighted by Gasteiger charge is -2.00. The molecule has 0 aliphatic carbocycles. The summed E-state index contributed by atoms with van der Waals surface area (Å²) in [6.07, 6.45) is 1.74. The lowest BCUT2D eigenvalue weighted by atomic mass is 10.5. The minimum Gasteiger partial charge on any atom is -0.378 e. The summed E-state index contributed by atoms with van der Waals surface area (Å²) in [6, 6.07) is 3.82. The minimum absolute atomic E-state index is 0.534. The Kier molecular flexibility index (Phi) is 3.87. The number of methoxy groups -OCH3 is 1. The van der Waals surface area contributed by atoms with E-state index in [1.54, 1.807) is 13.3 Å². The Labute approximate surface area is 106 Å². The summed E-state index contributed by atoms with van der Waals surface area (Å²) in [7, 11) is 1.66. The molecular weight excluding hydrogens is 290 g/mol. The zero-order valence-electron chi connectivity index (χ0n) is 8.61. The molecule has 84 valence electrons. The number of hydrogen-bond acceptors (Lipinski definition) is 5. The van der Waals surface area contributed by atoms with Crippen molar-refractivity contribution in [2.75, 3.05) is 12.4 Å². The van der Waals surface area contributed by atoms with Crippen LogP contribution in [0.1, 0.15) is 5.69 Å². The molecule has 16 heavy (non-hydrogen) atoms. The van der Waals surface area contributed by atoms with Crippen LogP contribution >= 0.6 is 27.3 Å². The zero-order valence-corrected chi connectivity index (χ0v) is 11.0. The summed E-state index contributed by atoms with van der Waals surface area (Å²) in [6.45, 7) is 0.534. The van der Waals surface area contributed by atoms with Crippen LogP contribution < -0.4 is 5.32 Å². The maximum Gasteiger partial charge on any atom is 0.188 e. The molecule has 0 aromatic carbocycles. The first kappa shape index (κ1) is 11.5. The molecule has 0 fully saturated rings. The fourth-order valence-corrected chi connectivity index (χ4v) is 2.07. The number of halogens is 1. The largest absolute Gasteiger partial charge is 0.378 e. The van der Waals surface area contributed by atoms with Crippen molar-refractivity contribution in [2.45, 2.75) is 6.61 Å². The molecule has 2 aromatic heterocycles. The van der Waals surface area contributed by atoms with Gasteiger partial charge in [0.2, 0.25) is 0 Å². The maximum atomic E-state index is 5.00. The highest BCUT2D eigenvalue weighted by Crippen LogP contribution is 2.20. The molecule has 4 nitrogen and oxygen atoms in total. The lowest BCUT2D eigenvalue weighted by molar-refractivity contribution is 0.182. The summed E-state index contributed by atoms with van der Waals surface area (Å²) in [5, 5.41) is 5.91. The number of pyridine rings is 1. The fourth-order valence-electron chi connectivity index (χ4n) is 1.14. The maximum absolute atomic E-state index is 5.00. The molecule has 2 aromatic rings. The summed E-state index contributed by atoms with van der Waals surface area (Å²) in [5.74, 6) is 0.779. The zero-order chi connectivity index (χ0) is 11.4. The second-order valence-corrected chi connectivity index (χ2v) is 4.84. The van der Waals surface area contributed by atoms with Crippen LogP contribution in [-0.4, -0.2) is 17.1 Å². The minimum atomic E-state index is 0.534. The van der Waals surface area contributed by atoms with Crippen molar-refractivity contribution in [1.82, 2.24) is 9.97 Å². The Morgan fingerprint density at radius 3 is 3.06 bits per heavy atom. The van der Waals surface area contributed by atoms with Crippen molar-refractivity contribution in [1.29, 1.82) is 0 Å². The molecule has 0 radical (unpaired) electrons. The highest BCUT2D eigenvalue weighted by atomic mass is 79.9. The Morgan fingerprint density at radius 1 is 1.50 bits per heavy atom. The second kappa shape index (κ2) is 5.38. The molecule has 0 saturated carbocycles. The van der Waals surface area contributed by atoms with Gasteiger partial charge in [-0.3, -0.25) is 0 Å². The first-order valence-corrected chi connectivity index (χ1v) is 6.27. The molecule has 0 amide bonds. The quantitative estimate of drug-likeness (QED) is 0.942. The normalized spacial score (nSPS) is 10.4. The molecule has 0 aliphatic heterocycles. The number of thiazole rings is 1. The van der Waals surface area contributed by atoms with Crippen LogP contribution in [0.3, 0.4) is 0 Å². The van der Waals surface area contributed by atoms with Crippen molar-refractivity contribution in [3.8, 4) is 0 Å². The van der Waals surface area contributed by atoms with E-state index in [4.69, 9.17) is 4.74 Å². The van der Waals surface area contributed by atoms with Crippen LogP contribution in [0.4, 0.5) is 10.9 Å². The predicted molar refractivity (Wildman–Crippen MR) is 68.0 cm³/mol. The second-order valence-electron chi connectivity index (χ2n) is 3.06. The Balaban J connectivity index is 2.05. The van der Waals surface area contributed by atoms with Crippen molar-refractivity contribution >= 4 is 38.2 Å². The first-order chi connectivity index (χ1) is 7.78. The topological polar surface area (TPSA) is 47.0 Å². The molecule has 1 N–H and O–H groups in total. The average molecular weight is 300 g/mol. The van der Waals surface area contributed by atoms with Crippen LogP contribution in [0.5, 0.6) is 0 Å². The van der Waals surface area contributed by atoms with Crippen LogP contribution in [0.15, 0.2) is 28.2 Å². The van der Waals surface area contributed by atoms with Crippen molar-refractivity contribution in [3.63, 3.8) is 0 Å². The Bertz CT molecular complexity index is 457. The van der Waals surface area contributed by atoms with Gasteiger partial charge >= 0.3 is 0 Å². The number of nitrogens with zero attached hydrogens (tertiary/aromatic N) is 2. The van der Waals surface area contributed by atoms with Crippen LogP contribution in [0, 0.1) is 0 Å². The van der Waals surface area contributed by atoms with E-state index in [0.29, 0.717) is 6.61 Å². The highest BCUT2D eigenvalue weighted by molar-refractivity contribution is 9.10. The molecule has 0 spiro atoms. The molecule has 0 aliphatic rings. The van der Waals surface area contributed by atoms with Gasteiger partial charge in [0.05, 0.1) is 12.3 Å². The number of aromatic nitrogens is 2. The number of nitrogens with one attached hydrogen (secondary N) is 1. The highest BCUT2D eigenvalue weighted by Gasteiger charge is 2.02. The average Bonchev–Trinajstić information content (AvgIpc) is 2.70. The van der Waals surface area contributed by atoms with Gasteiger partial charge in [0.15, 0.2) is 5.13 Å². The summed E-state index contributed by atoms with van der Waals surface area (Å²) in [5.41, 5.74) is 0.923. The van der Waals surface area contributed by atoms with Gasteiger partial charge in [-0.25, -0.2) is 9.97 Å². The van der Waals surface area contributed by atoms with Gasteiger partial charge in [0.25, 0.3) is 0 Å². The van der Waals surface area contributed by atoms with E-state index in [2.05, 4.69) is 31.2 Å². The predicted octanol–water partition coefficient (Wildman–Crippen LogP) is 3.19. The van der Waals surface area contributed by atoms with Gasteiger partial charge in [-0.1, -0.05) is 0 Å². The third-order valence-corrected chi connectivity index (χ3v) is 3.08. The van der Waals surface area contributed by atoms with Crippen LogP contribution in [-0.2, 0) is 11.3 Å². The molecule has 2 rings (SSSR count). The molecule has 0 unspecified atom stereocenters. The monoisotopic (exact) mass is 299 g/mol. The number of hydrogen-bond donors (Lipinski definition) is 1. The van der Waals surface area contributed by atoms with Gasteiger partial charge in [0.1, 0.15) is 5.82 Å². The Hall–Kier alpha value is -0.980. The van der Waals surface area contributed by atoms with Gasteiger partial charge in [0, 0.05) is 23.2 Å². The summed E-state index contributed by atoms with van der Waals surface area (Å²) >= 11 is 4.87. The van der Waals surface area contributed by atoms with Gasteiger partial charge in [-0.15, -0.1) is 11.3 Å². The van der Waals surface area contributed by atoms with Gasteiger partial charge in [-0.05, 0) is 28.1 Å². The molecular formula is C10H10BrN3OS. The molecule has 0 bridgehead atoms. The standard InChI is InChI=1S/C10H10BrN3OS/c1-15-5-8-6-16-10(13-8)14-9-3-2-7(11)4-12-9/h2-4,6H,5H2,1H3,(H,12,13,14). The third-order valence-electron chi connectivity index (χ3n) is 1.81. The lowest BCUT2D eigenvalue weighted by Crippen LogP contribution is -1.93. The van der Waals surface area contributed by atoms with E-state index >= 15 is 0 Å². The van der Waals surface area contributed by atoms with Crippen LogP contribution in [0.25, 0.3) is 0 Å². The summed E-state index contributed by atoms with van der Waals surface area (Å²) in [4.78, 5) is 8.55. The van der Waals surface area contributed by atoms with Gasteiger partial charge in [-0.2, -0.15) is 0 Å². The first-order valence-electron chi connectivity index (χ1n) is 4.60. The smallest absolute Gasteiger partial charge is 0.188 e. The summed E-state index contributed by atoms with van der Waals surface area (Å²) < 4.78 is 5.96. The molecule has 0 saturated heterocycles. The SMILES string of the molecule is COCc1csc(Nc2ccc(Br)cn2)n1.